The second-order valence-electron chi connectivity index (χ2n) is 3.95. The van der Waals surface area contributed by atoms with Crippen LogP contribution in [0.15, 0.2) is 29.2 Å². The van der Waals surface area contributed by atoms with Crippen LogP contribution < -0.4 is 9.83 Å². The molecule has 0 saturated carbocycles. The summed E-state index contributed by atoms with van der Waals surface area (Å²) < 4.78 is 26.6. The molecule has 0 heterocycles. The lowest BCUT2D eigenvalue weighted by Gasteiger charge is -2.15. The fourth-order valence-electron chi connectivity index (χ4n) is 1.53. The zero-order chi connectivity index (χ0) is 13.8. The molecule has 1 rings (SSSR count). The molecule has 0 bridgehead atoms. The Bertz CT molecular complexity index is 521. The van der Waals surface area contributed by atoms with Crippen LogP contribution in [-0.4, -0.2) is 20.4 Å². The lowest BCUT2D eigenvalue weighted by atomic mass is 10.2. The van der Waals surface area contributed by atoms with E-state index in [1.165, 1.54) is 18.2 Å². The summed E-state index contributed by atoms with van der Waals surface area (Å²) >= 11 is 0. The molecule has 0 aliphatic carbocycles. The Kier molecular flexibility index (Phi) is 4.86. The third-order valence-corrected chi connectivity index (χ3v) is 4.21. The normalized spacial score (nSPS) is 11.7. The van der Waals surface area contributed by atoms with E-state index in [0.29, 0.717) is 12.8 Å². The standard InChI is InChI=1S/C12H17NO4S/c1-3-10(4-2)13-18(16,17)11-7-5-6-9(8-11)12(14)15/h5-8,10,13H,3-4H2,1-2H3,(H,14,15)/p-1. The van der Waals surface area contributed by atoms with Gasteiger partial charge in [0.1, 0.15) is 0 Å². The van der Waals surface area contributed by atoms with Gasteiger partial charge in [-0.15, -0.1) is 0 Å². The number of nitrogens with one attached hydrogen (secondary N) is 1. The summed E-state index contributed by atoms with van der Waals surface area (Å²) in [5.74, 6) is -1.39. The number of aromatic carboxylic acids is 1. The Morgan fingerprint density at radius 2 is 1.94 bits per heavy atom. The molecular formula is C12H16NO4S-. The lowest BCUT2D eigenvalue weighted by molar-refractivity contribution is -0.255. The van der Waals surface area contributed by atoms with Crippen molar-refractivity contribution >= 4 is 16.0 Å². The van der Waals surface area contributed by atoms with Crippen LogP contribution in [0.5, 0.6) is 0 Å². The van der Waals surface area contributed by atoms with Crippen molar-refractivity contribution in [3.63, 3.8) is 0 Å². The average molecular weight is 270 g/mol. The van der Waals surface area contributed by atoms with Gasteiger partial charge in [0.15, 0.2) is 0 Å². The van der Waals surface area contributed by atoms with E-state index in [1.54, 1.807) is 0 Å². The van der Waals surface area contributed by atoms with E-state index in [4.69, 9.17) is 0 Å². The molecule has 1 aromatic rings. The van der Waals surface area contributed by atoms with E-state index >= 15 is 0 Å². The topological polar surface area (TPSA) is 86.3 Å². The summed E-state index contributed by atoms with van der Waals surface area (Å²) in [5, 5.41) is 10.7. The minimum Gasteiger partial charge on any atom is -0.545 e. The summed E-state index contributed by atoms with van der Waals surface area (Å²) in [7, 11) is -3.68. The molecule has 0 aliphatic heterocycles. The number of carbonyl (C=O) groups excluding carboxylic acids is 1. The first-order valence-corrected chi connectivity index (χ1v) is 7.22. The summed E-state index contributed by atoms with van der Waals surface area (Å²) in [6.45, 7) is 3.77. The number of carbonyl (C=O) groups is 1. The third kappa shape index (κ3) is 3.54. The first-order chi connectivity index (χ1) is 8.40. The van der Waals surface area contributed by atoms with Crippen LogP contribution in [0.1, 0.15) is 37.0 Å². The van der Waals surface area contributed by atoms with Crippen LogP contribution in [0.2, 0.25) is 0 Å². The SMILES string of the molecule is CCC(CC)NS(=O)(=O)c1cccc(C(=O)[O-])c1. The van der Waals surface area contributed by atoms with Crippen molar-refractivity contribution in [2.24, 2.45) is 0 Å². The second-order valence-corrected chi connectivity index (χ2v) is 5.66. The van der Waals surface area contributed by atoms with Gasteiger partial charge >= 0.3 is 0 Å². The van der Waals surface area contributed by atoms with Crippen molar-refractivity contribution < 1.29 is 18.3 Å². The largest absolute Gasteiger partial charge is 0.545 e. The molecule has 100 valence electrons. The smallest absolute Gasteiger partial charge is 0.240 e. The number of rotatable bonds is 6. The van der Waals surface area contributed by atoms with Crippen molar-refractivity contribution in [3.8, 4) is 0 Å². The van der Waals surface area contributed by atoms with Crippen molar-refractivity contribution in [2.45, 2.75) is 37.6 Å². The second kappa shape index (κ2) is 5.97. The zero-order valence-corrected chi connectivity index (χ0v) is 11.2. The van der Waals surface area contributed by atoms with E-state index < -0.39 is 16.0 Å². The Morgan fingerprint density at radius 3 is 2.44 bits per heavy atom. The molecule has 0 aliphatic rings. The van der Waals surface area contributed by atoms with E-state index in [2.05, 4.69) is 4.72 Å². The summed E-state index contributed by atoms with van der Waals surface area (Å²) in [4.78, 5) is 10.6. The number of carboxylic acid groups (broad SMARTS) is 1. The molecule has 0 unspecified atom stereocenters. The number of benzene rings is 1. The Hall–Kier alpha value is -1.40. The lowest BCUT2D eigenvalue weighted by Crippen LogP contribution is -2.34. The first kappa shape index (κ1) is 14.7. The molecule has 0 fully saturated rings. The zero-order valence-electron chi connectivity index (χ0n) is 10.3. The maximum Gasteiger partial charge on any atom is 0.240 e. The van der Waals surface area contributed by atoms with Gasteiger partial charge in [-0.3, -0.25) is 0 Å². The summed E-state index contributed by atoms with van der Waals surface area (Å²) in [6, 6.07) is 4.98. The van der Waals surface area contributed by atoms with Crippen LogP contribution in [0.3, 0.4) is 0 Å². The van der Waals surface area contributed by atoms with Gasteiger partial charge in [-0.05, 0) is 30.5 Å². The number of sulfonamides is 1. The number of carboxylic acids is 1. The van der Waals surface area contributed by atoms with Gasteiger partial charge in [-0.2, -0.15) is 0 Å². The molecule has 0 spiro atoms. The minimum absolute atomic E-state index is 0.0592. The predicted molar refractivity (Wildman–Crippen MR) is 65.5 cm³/mol. The van der Waals surface area contributed by atoms with Crippen LogP contribution in [0, 0.1) is 0 Å². The van der Waals surface area contributed by atoms with E-state index in [1.807, 2.05) is 13.8 Å². The van der Waals surface area contributed by atoms with Crippen LogP contribution >= 0.6 is 0 Å². The van der Waals surface area contributed by atoms with Gasteiger partial charge in [0, 0.05) is 6.04 Å². The maximum atomic E-state index is 12.0. The fourth-order valence-corrected chi connectivity index (χ4v) is 2.98. The Balaban J connectivity index is 3.05. The van der Waals surface area contributed by atoms with Crippen LogP contribution in [0.4, 0.5) is 0 Å². The number of hydrogen-bond donors (Lipinski definition) is 1. The average Bonchev–Trinajstić information content (AvgIpc) is 2.36. The Morgan fingerprint density at radius 1 is 1.33 bits per heavy atom. The fraction of sp³-hybridized carbons (Fsp3) is 0.417. The molecule has 5 nitrogen and oxygen atoms in total. The van der Waals surface area contributed by atoms with Gasteiger partial charge < -0.3 is 9.90 Å². The molecule has 0 atom stereocenters. The van der Waals surface area contributed by atoms with Gasteiger partial charge in [0.2, 0.25) is 10.0 Å². The Labute approximate surface area is 107 Å². The van der Waals surface area contributed by atoms with Gasteiger partial charge in [0.05, 0.1) is 10.9 Å². The highest BCUT2D eigenvalue weighted by Gasteiger charge is 2.18. The quantitative estimate of drug-likeness (QED) is 0.816. The van der Waals surface area contributed by atoms with Crippen molar-refractivity contribution in [1.82, 2.24) is 4.72 Å². The maximum absolute atomic E-state index is 12.0. The number of hydrogen-bond acceptors (Lipinski definition) is 4. The minimum atomic E-state index is -3.68. The first-order valence-electron chi connectivity index (χ1n) is 5.74. The highest BCUT2D eigenvalue weighted by atomic mass is 32.2. The van der Waals surface area contributed by atoms with E-state index in [-0.39, 0.29) is 16.5 Å². The summed E-state index contributed by atoms with van der Waals surface area (Å²) in [6.07, 6.45) is 1.35. The van der Waals surface area contributed by atoms with E-state index in [9.17, 15) is 18.3 Å². The highest BCUT2D eigenvalue weighted by molar-refractivity contribution is 7.89. The highest BCUT2D eigenvalue weighted by Crippen LogP contribution is 2.13. The molecular weight excluding hydrogens is 254 g/mol. The molecule has 6 heteroatoms. The molecule has 0 radical (unpaired) electrons. The van der Waals surface area contributed by atoms with Crippen LogP contribution in [-0.2, 0) is 10.0 Å². The van der Waals surface area contributed by atoms with Crippen molar-refractivity contribution in [3.05, 3.63) is 29.8 Å². The third-order valence-electron chi connectivity index (χ3n) is 2.69. The van der Waals surface area contributed by atoms with E-state index in [0.717, 1.165) is 6.07 Å². The van der Waals surface area contributed by atoms with Crippen molar-refractivity contribution in [1.29, 1.82) is 0 Å². The molecule has 18 heavy (non-hydrogen) atoms. The van der Waals surface area contributed by atoms with Gasteiger partial charge in [-0.1, -0.05) is 26.0 Å². The van der Waals surface area contributed by atoms with Crippen LogP contribution in [0.25, 0.3) is 0 Å². The molecule has 0 aromatic heterocycles. The predicted octanol–water partition coefficient (Wildman–Crippen LogP) is 0.517. The molecule has 1 aromatic carbocycles. The monoisotopic (exact) mass is 270 g/mol. The van der Waals surface area contributed by atoms with Gasteiger partial charge in [0.25, 0.3) is 0 Å². The van der Waals surface area contributed by atoms with Crippen molar-refractivity contribution in [2.75, 3.05) is 0 Å². The molecule has 0 saturated heterocycles. The van der Waals surface area contributed by atoms with Gasteiger partial charge in [-0.25, -0.2) is 13.1 Å². The molecule has 1 N–H and O–H groups in total. The summed E-state index contributed by atoms with van der Waals surface area (Å²) in [5.41, 5.74) is -0.151. The molecule has 0 amide bonds.